The summed E-state index contributed by atoms with van der Waals surface area (Å²) in [5.41, 5.74) is 0. The first-order valence-electron chi connectivity index (χ1n) is 7.45. The van der Waals surface area contributed by atoms with E-state index in [4.69, 9.17) is 5.11 Å². The van der Waals surface area contributed by atoms with Crippen molar-refractivity contribution >= 4 is 39.6 Å². The molecule has 1 aromatic rings. The molecule has 1 aliphatic heterocycles. The van der Waals surface area contributed by atoms with E-state index in [0.717, 1.165) is 23.1 Å². The number of carbonyl (C=O) groups excluding carboxylic acids is 1. The highest BCUT2D eigenvalue weighted by atomic mass is 79.9. The van der Waals surface area contributed by atoms with Crippen LogP contribution in [0.2, 0.25) is 0 Å². The van der Waals surface area contributed by atoms with E-state index in [1.54, 1.807) is 16.7 Å². The van der Waals surface area contributed by atoms with Crippen molar-refractivity contribution < 1.29 is 14.7 Å². The number of carbonyl (C=O) groups is 2. The predicted molar refractivity (Wildman–Crippen MR) is 91.0 cm³/mol. The van der Waals surface area contributed by atoms with Gasteiger partial charge in [0, 0.05) is 28.9 Å². The fraction of sp³-hybridized carbons (Fsp3) is 0.500. The third-order valence-corrected chi connectivity index (χ3v) is 5.37. The number of amides is 1. The molecule has 0 aliphatic carbocycles. The quantitative estimate of drug-likeness (QED) is 0.599. The van der Waals surface area contributed by atoms with Gasteiger partial charge in [0.15, 0.2) is 0 Å². The molecule has 1 saturated heterocycles. The summed E-state index contributed by atoms with van der Waals surface area (Å²) < 4.78 is 1.06. The average Bonchev–Trinajstić information content (AvgIpc) is 2.53. The smallest absolute Gasteiger partial charge is 0.308 e. The Labute approximate surface area is 143 Å². The minimum Gasteiger partial charge on any atom is -0.481 e. The fourth-order valence-corrected chi connectivity index (χ4v) is 3.62. The van der Waals surface area contributed by atoms with Crippen molar-refractivity contribution in [3.05, 3.63) is 28.7 Å². The number of rotatable bonds is 6. The van der Waals surface area contributed by atoms with E-state index in [2.05, 4.69) is 28.1 Å². The van der Waals surface area contributed by atoms with Crippen LogP contribution in [-0.2, 0) is 9.59 Å². The lowest BCUT2D eigenvalue weighted by atomic mass is 9.98. The molecule has 1 unspecified atom stereocenters. The van der Waals surface area contributed by atoms with Crippen LogP contribution in [0.5, 0.6) is 0 Å². The van der Waals surface area contributed by atoms with Gasteiger partial charge in [-0.05, 0) is 49.3 Å². The van der Waals surface area contributed by atoms with Crippen molar-refractivity contribution in [3.63, 3.8) is 0 Å². The second kappa shape index (κ2) is 8.58. The van der Waals surface area contributed by atoms with Crippen molar-refractivity contribution in [1.82, 2.24) is 4.90 Å². The van der Waals surface area contributed by atoms with Crippen molar-refractivity contribution in [2.24, 2.45) is 5.92 Å². The normalized spacial score (nSPS) is 18.2. The van der Waals surface area contributed by atoms with E-state index in [1.165, 1.54) is 4.90 Å². The van der Waals surface area contributed by atoms with Crippen LogP contribution >= 0.6 is 27.7 Å². The van der Waals surface area contributed by atoms with E-state index >= 15 is 0 Å². The maximum atomic E-state index is 12.1. The van der Waals surface area contributed by atoms with Gasteiger partial charge in [0.2, 0.25) is 5.91 Å². The Hall–Kier alpha value is -1.01. The lowest BCUT2D eigenvalue weighted by Gasteiger charge is -2.30. The Morgan fingerprint density at radius 3 is 2.73 bits per heavy atom. The van der Waals surface area contributed by atoms with Crippen LogP contribution in [0.25, 0.3) is 0 Å². The highest BCUT2D eigenvalue weighted by Crippen LogP contribution is 2.22. The van der Waals surface area contributed by atoms with Crippen LogP contribution in [0.4, 0.5) is 0 Å². The number of carboxylic acid groups (broad SMARTS) is 1. The van der Waals surface area contributed by atoms with Crippen LogP contribution in [0.15, 0.2) is 33.6 Å². The Morgan fingerprint density at radius 1 is 1.32 bits per heavy atom. The predicted octanol–water partition coefficient (Wildman–Crippen LogP) is 3.64. The summed E-state index contributed by atoms with van der Waals surface area (Å²) in [6.45, 7) is 1.07. The third kappa shape index (κ3) is 5.32. The summed E-state index contributed by atoms with van der Waals surface area (Å²) in [6.07, 6.45) is 2.78. The SMILES string of the molecule is O=C(O)C1CCCN(C(=O)CCCSc2ccc(Br)cc2)C1. The van der Waals surface area contributed by atoms with Gasteiger partial charge >= 0.3 is 5.97 Å². The summed E-state index contributed by atoms with van der Waals surface area (Å²) >= 11 is 5.14. The molecule has 0 saturated carbocycles. The molecular formula is C16H20BrNO3S. The summed E-state index contributed by atoms with van der Waals surface area (Å²) in [7, 11) is 0. The minimum absolute atomic E-state index is 0.0855. The zero-order chi connectivity index (χ0) is 15.9. The number of nitrogens with zero attached hydrogens (tertiary/aromatic N) is 1. The molecule has 4 nitrogen and oxygen atoms in total. The fourth-order valence-electron chi connectivity index (χ4n) is 2.51. The van der Waals surface area contributed by atoms with Gasteiger partial charge in [-0.15, -0.1) is 11.8 Å². The summed E-state index contributed by atoms with van der Waals surface area (Å²) in [5, 5.41) is 9.05. The van der Waals surface area contributed by atoms with Crippen LogP contribution in [0.1, 0.15) is 25.7 Å². The molecule has 1 heterocycles. The molecule has 1 fully saturated rings. The van der Waals surface area contributed by atoms with Crippen LogP contribution in [0, 0.1) is 5.92 Å². The van der Waals surface area contributed by atoms with Gasteiger partial charge in [-0.1, -0.05) is 15.9 Å². The van der Waals surface area contributed by atoms with Gasteiger partial charge < -0.3 is 10.0 Å². The topological polar surface area (TPSA) is 57.6 Å². The van der Waals surface area contributed by atoms with Gasteiger partial charge in [-0.2, -0.15) is 0 Å². The Balaban J connectivity index is 1.69. The Bertz CT molecular complexity index is 521. The average molecular weight is 386 g/mol. The number of benzene rings is 1. The molecule has 2 rings (SSSR count). The molecule has 1 aromatic carbocycles. The number of piperidine rings is 1. The maximum absolute atomic E-state index is 12.1. The molecule has 1 atom stereocenters. The lowest BCUT2D eigenvalue weighted by Crippen LogP contribution is -2.42. The van der Waals surface area contributed by atoms with Gasteiger partial charge in [-0.3, -0.25) is 9.59 Å². The van der Waals surface area contributed by atoms with Gasteiger partial charge in [0.1, 0.15) is 0 Å². The molecule has 1 N–H and O–H groups in total. The second-order valence-corrected chi connectivity index (χ2v) is 7.51. The lowest BCUT2D eigenvalue weighted by molar-refractivity contribution is -0.145. The summed E-state index contributed by atoms with van der Waals surface area (Å²) in [4.78, 5) is 26.1. The standard InChI is InChI=1S/C16H20BrNO3S/c17-13-5-7-14(8-6-13)22-10-2-4-15(19)18-9-1-3-12(11-18)16(20)21/h5-8,12H,1-4,9-11H2,(H,20,21). The second-order valence-electron chi connectivity index (χ2n) is 5.42. The number of aliphatic carboxylic acids is 1. The van der Waals surface area contributed by atoms with Gasteiger partial charge in [-0.25, -0.2) is 0 Å². The maximum Gasteiger partial charge on any atom is 0.308 e. The zero-order valence-corrected chi connectivity index (χ0v) is 14.7. The number of carboxylic acids is 1. The minimum atomic E-state index is -0.789. The van der Waals surface area contributed by atoms with E-state index in [0.29, 0.717) is 25.9 Å². The van der Waals surface area contributed by atoms with E-state index in [-0.39, 0.29) is 5.91 Å². The highest BCUT2D eigenvalue weighted by molar-refractivity contribution is 9.10. The highest BCUT2D eigenvalue weighted by Gasteiger charge is 2.27. The molecule has 1 aliphatic rings. The number of likely N-dealkylation sites (tertiary alicyclic amines) is 1. The number of hydrogen-bond acceptors (Lipinski definition) is 3. The van der Waals surface area contributed by atoms with E-state index in [9.17, 15) is 9.59 Å². The van der Waals surface area contributed by atoms with Crippen LogP contribution < -0.4 is 0 Å². The van der Waals surface area contributed by atoms with Crippen LogP contribution in [-0.4, -0.2) is 40.7 Å². The van der Waals surface area contributed by atoms with Crippen molar-refractivity contribution in [2.45, 2.75) is 30.6 Å². The first-order valence-corrected chi connectivity index (χ1v) is 9.23. The van der Waals surface area contributed by atoms with E-state index in [1.807, 2.05) is 12.1 Å². The number of hydrogen-bond donors (Lipinski definition) is 1. The molecular weight excluding hydrogens is 366 g/mol. The summed E-state index contributed by atoms with van der Waals surface area (Å²) in [5.74, 6) is -0.204. The Morgan fingerprint density at radius 2 is 2.05 bits per heavy atom. The zero-order valence-electron chi connectivity index (χ0n) is 12.3. The number of thioether (sulfide) groups is 1. The third-order valence-electron chi connectivity index (χ3n) is 3.74. The van der Waals surface area contributed by atoms with E-state index < -0.39 is 11.9 Å². The first-order chi connectivity index (χ1) is 10.6. The molecule has 0 spiro atoms. The Kier molecular flexibility index (Phi) is 6.76. The monoisotopic (exact) mass is 385 g/mol. The molecule has 0 bridgehead atoms. The van der Waals surface area contributed by atoms with Crippen molar-refractivity contribution in [1.29, 1.82) is 0 Å². The molecule has 6 heteroatoms. The van der Waals surface area contributed by atoms with Gasteiger partial charge in [0.05, 0.1) is 5.92 Å². The summed E-state index contributed by atoms with van der Waals surface area (Å²) in [6, 6.07) is 8.12. The molecule has 0 radical (unpaired) electrons. The number of halogens is 1. The largest absolute Gasteiger partial charge is 0.481 e. The molecule has 1 amide bonds. The van der Waals surface area contributed by atoms with Crippen molar-refractivity contribution in [2.75, 3.05) is 18.8 Å². The van der Waals surface area contributed by atoms with Crippen LogP contribution in [0.3, 0.4) is 0 Å². The molecule has 0 aromatic heterocycles. The molecule has 120 valence electrons. The van der Waals surface area contributed by atoms with Gasteiger partial charge in [0.25, 0.3) is 0 Å². The first kappa shape index (κ1) is 17.3. The molecule has 22 heavy (non-hydrogen) atoms. The van der Waals surface area contributed by atoms with Crippen molar-refractivity contribution in [3.8, 4) is 0 Å².